The topological polar surface area (TPSA) is 66.6 Å². The third-order valence-corrected chi connectivity index (χ3v) is 3.12. The average Bonchev–Trinajstić information content (AvgIpc) is 2.74. The standard InChI is InChI=1S/C11H16N2O3/c1-7-11(8(2)16-12-7)9-4-3-5-13(9)6-10(14)15/h9H,3-6H2,1-2H3,(H,14,15)/t9-/m0/s1. The van der Waals surface area contributed by atoms with Gasteiger partial charge in [0, 0.05) is 11.6 Å². The van der Waals surface area contributed by atoms with Gasteiger partial charge < -0.3 is 9.63 Å². The second kappa shape index (κ2) is 4.25. The predicted molar refractivity (Wildman–Crippen MR) is 57.2 cm³/mol. The molecule has 0 radical (unpaired) electrons. The first-order chi connectivity index (χ1) is 7.59. The van der Waals surface area contributed by atoms with E-state index in [0.29, 0.717) is 0 Å². The highest BCUT2D eigenvalue weighted by atomic mass is 16.5. The molecule has 1 aromatic heterocycles. The summed E-state index contributed by atoms with van der Waals surface area (Å²) >= 11 is 0. The van der Waals surface area contributed by atoms with Crippen LogP contribution in [0.2, 0.25) is 0 Å². The Morgan fingerprint density at radius 3 is 2.94 bits per heavy atom. The van der Waals surface area contributed by atoms with Gasteiger partial charge in [0.25, 0.3) is 0 Å². The highest BCUT2D eigenvalue weighted by Crippen LogP contribution is 2.34. The van der Waals surface area contributed by atoms with Gasteiger partial charge in [0.05, 0.1) is 12.2 Å². The molecular formula is C11H16N2O3. The third-order valence-electron chi connectivity index (χ3n) is 3.12. The SMILES string of the molecule is Cc1noc(C)c1[C@@H]1CCCN1CC(=O)O. The van der Waals surface area contributed by atoms with E-state index in [2.05, 4.69) is 5.16 Å². The molecule has 1 N–H and O–H groups in total. The van der Waals surface area contributed by atoms with E-state index in [1.807, 2.05) is 18.7 Å². The van der Waals surface area contributed by atoms with E-state index in [1.54, 1.807) is 0 Å². The Hall–Kier alpha value is -1.36. The zero-order chi connectivity index (χ0) is 11.7. The van der Waals surface area contributed by atoms with Crippen molar-refractivity contribution in [2.75, 3.05) is 13.1 Å². The first-order valence-electron chi connectivity index (χ1n) is 5.48. The first kappa shape index (κ1) is 11.1. The zero-order valence-electron chi connectivity index (χ0n) is 9.56. The van der Waals surface area contributed by atoms with Gasteiger partial charge in [0.15, 0.2) is 0 Å². The van der Waals surface area contributed by atoms with Gasteiger partial charge in [-0.1, -0.05) is 5.16 Å². The molecule has 0 aromatic carbocycles. The lowest BCUT2D eigenvalue weighted by molar-refractivity contribution is -0.138. The largest absolute Gasteiger partial charge is 0.480 e. The van der Waals surface area contributed by atoms with Crippen molar-refractivity contribution in [2.45, 2.75) is 32.7 Å². The van der Waals surface area contributed by atoms with Crippen LogP contribution in [0.25, 0.3) is 0 Å². The van der Waals surface area contributed by atoms with Crippen molar-refractivity contribution in [2.24, 2.45) is 0 Å². The number of aromatic nitrogens is 1. The van der Waals surface area contributed by atoms with E-state index >= 15 is 0 Å². The molecule has 5 nitrogen and oxygen atoms in total. The maximum Gasteiger partial charge on any atom is 0.317 e. The highest BCUT2D eigenvalue weighted by molar-refractivity contribution is 5.69. The van der Waals surface area contributed by atoms with Crippen LogP contribution in [0.5, 0.6) is 0 Å². The summed E-state index contributed by atoms with van der Waals surface area (Å²) in [6.07, 6.45) is 2.01. The second-order valence-corrected chi connectivity index (χ2v) is 4.26. The van der Waals surface area contributed by atoms with Crippen LogP contribution in [0.15, 0.2) is 4.52 Å². The lowest BCUT2D eigenvalue weighted by Gasteiger charge is -2.22. The Morgan fingerprint density at radius 2 is 2.38 bits per heavy atom. The predicted octanol–water partition coefficient (Wildman–Crippen LogP) is 1.51. The quantitative estimate of drug-likeness (QED) is 0.843. The Morgan fingerprint density at radius 1 is 1.62 bits per heavy atom. The minimum Gasteiger partial charge on any atom is -0.480 e. The van der Waals surface area contributed by atoms with Gasteiger partial charge in [0.2, 0.25) is 0 Å². The molecule has 1 saturated heterocycles. The molecule has 0 bridgehead atoms. The number of hydrogen-bond acceptors (Lipinski definition) is 4. The highest BCUT2D eigenvalue weighted by Gasteiger charge is 2.31. The zero-order valence-corrected chi connectivity index (χ0v) is 9.56. The van der Waals surface area contributed by atoms with Crippen molar-refractivity contribution in [1.29, 1.82) is 0 Å². The van der Waals surface area contributed by atoms with Crippen LogP contribution in [-0.4, -0.2) is 34.2 Å². The number of hydrogen-bond donors (Lipinski definition) is 1. The average molecular weight is 224 g/mol. The molecule has 1 aliphatic heterocycles. The molecule has 5 heteroatoms. The van der Waals surface area contributed by atoms with Crippen molar-refractivity contribution in [3.05, 3.63) is 17.0 Å². The molecule has 2 heterocycles. The molecule has 1 aliphatic rings. The Bertz CT molecular complexity index is 380. The monoisotopic (exact) mass is 224 g/mol. The van der Waals surface area contributed by atoms with E-state index < -0.39 is 5.97 Å². The van der Waals surface area contributed by atoms with Crippen LogP contribution >= 0.6 is 0 Å². The molecule has 0 aliphatic carbocycles. The minimum atomic E-state index is -0.779. The summed E-state index contributed by atoms with van der Waals surface area (Å²) in [7, 11) is 0. The second-order valence-electron chi connectivity index (χ2n) is 4.26. The summed E-state index contributed by atoms with van der Waals surface area (Å²) in [6.45, 7) is 4.71. The molecule has 1 fully saturated rings. The van der Waals surface area contributed by atoms with Gasteiger partial charge in [-0.05, 0) is 33.2 Å². The van der Waals surface area contributed by atoms with E-state index in [4.69, 9.17) is 9.63 Å². The Labute approximate surface area is 94.0 Å². The number of carboxylic acids is 1. The van der Waals surface area contributed by atoms with E-state index in [1.165, 1.54) is 0 Å². The first-order valence-corrected chi connectivity index (χ1v) is 5.48. The van der Waals surface area contributed by atoms with Crippen LogP contribution in [0, 0.1) is 13.8 Å². The number of carbonyl (C=O) groups is 1. The lowest BCUT2D eigenvalue weighted by atomic mass is 10.0. The summed E-state index contributed by atoms with van der Waals surface area (Å²) < 4.78 is 5.14. The minimum absolute atomic E-state index is 0.0920. The molecule has 1 aromatic rings. The van der Waals surface area contributed by atoms with Crippen LogP contribution in [0.1, 0.15) is 35.9 Å². The fourth-order valence-corrected chi connectivity index (χ4v) is 2.48. The fourth-order valence-electron chi connectivity index (χ4n) is 2.48. The van der Waals surface area contributed by atoms with Gasteiger partial charge in [-0.15, -0.1) is 0 Å². The lowest BCUT2D eigenvalue weighted by Crippen LogP contribution is -2.29. The van der Waals surface area contributed by atoms with Gasteiger partial charge in [-0.2, -0.15) is 0 Å². The molecule has 2 rings (SSSR count). The van der Waals surface area contributed by atoms with Gasteiger partial charge in [-0.3, -0.25) is 9.69 Å². The molecule has 0 amide bonds. The smallest absolute Gasteiger partial charge is 0.317 e. The Kier molecular flexibility index (Phi) is 2.96. The molecule has 0 unspecified atom stereocenters. The van der Waals surface area contributed by atoms with Crippen LogP contribution in [0.4, 0.5) is 0 Å². The van der Waals surface area contributed by atoms with Crippen LogP contribution < -0.4 is 0 Å². The van der Waals surface area contributed by atoms with Crippen molar-refractivity contribution in [1.82, 2.24) is 10.1 Å². The number of aliphatic carboxylic acids is 1. The van der Waals surface area contributed by atoms with Gasteiger partial charge in [-0.25, -0.2) is 0 Å². The van der Waals surface area contributed by atoms with Crippen molar-refractivity contribution < 1.29 is 14.4 Å². The molecule has 0 spiro atoms. The molecule has 0 saturated carbocycles. The maximum absolute atomic E-state index is 10.8. The fraction of sp³-hybridized carbons (Fsp3) is 0.636. The van der Waals surface area contributed by atoms with Crippen LogP contribution in [-0.2, 0) is 4.79 Å². The summed E-state index contributed by atoms with van der Waals surface area (Å²) in [4.78, 5) is 12.7. The summed E-state index contributed by atoms with van der Waals surface area (Å²) in [5, 5.41) is 12.8. The summed E-state index contributed by atoms with van der Waals surface area (Å²) in [6, 6.07) is 0.155. The normalized spacial score (nSPS) is 21.5. The molecular weight excluding hydrogens is 208 g/mol. The van der Waals surface area contributed by atoms with E-state index in [9.17, 15) is 4.79 Å². The number of likely N-dealkylation sites (tertiary alicyclic amines) is 1. The van der Waals surface area contributed by atoms with Gasteiger partial charge >= 0.3 is 5.97 Å². The van der Waals surface area contributed by atoms with E-state index in [0.717, 1.165) is 36.4 Å². The molecule has 1 atom stereocenters. The summed E-state index contributed by atoms with van der Waals surface area (Å²) in [5.41, 5.74) is 1.94. The van der Waals surface area contributed by atoms with E-state index in [-0.39, 0.29) is 12.6 Å². The summed E-state index contributed by atoms with van der Waals surface area (Å²) in [5.74, 6) is 0.0263. The van der Waals surface area contributed by atoms with Crippen molar-refractivity contribution in [3.8, 4) is 0 Å². The number of carboxylic acid groups (broad SMARTS) is 1. The third kappa shape index (κ3) is 1.95. The maximum atomic E-state index is 10.8. The van der Waals surface area contributed by atoms with Crippen LogP contribution in [0.3, 0.4) is 0 Å². The number of rotatable bonds is 3. The Balaban J connectivity index is 2.23. The van der Waals surface area contributed by atoms with Crippen molar-refractivity contribution >= 4 is 5.97 Å². The molecule has 16 heavy (non-hydrogen) atoms. The number of nitrogens with zero attached hydrogens (tertiary/aromatic N) is 2. The van der Waals surface area contributed by atoms with Gasteiger partial charge in [0.1, 0.15) is 5.76 Å². The number of aryl methyl sites for hydroxylation is 2. The molecule has 88 valence electrons. The van der Waals surface area contributed by atoms with Crippen molar-refractivity contribution in [3.63, 3.8) is 0 Å².